The molecule has 0 radical (unpaired) electrons. The summed E-state index contributed by atoms with van der Waals surface area (Å²) in [4.78, 5) is 29.2. The first-order chi connectivity index (χ1) is 19.1. The van der Waals surface area contributed by atoms with Crippen molar-refractivity contribution in [2.24, 2.45) is 0 Å². The Bertz CT molecular complexity index is 2110. The molecule has 0 saturated carbocycles. The summed E-state index contributed by atoms with van der Waals surface area (Å²) in [5.41, 5.74) is 6.72. The van der Waals surface area contributed by atoms with Gasteiger partial charge in [0.2, 0.25) is 0 Å². The largest absolute Gasteiger partial charge is 0.341 e. The maximum Gasteiger partial charge on any atom is 0.265 e. The summed E-state index contributed by atoms with van der Waals surface area (Å²) in [6.45, 7) is 7.90. The third kappa shape index (κ3) is 3.42. The van der Waals surface area contributed by atoms with Crippen LogP contribution in [0, 0.1) is 0 Å². The van der Waals surface area contributed by atoms with Crippen molar-refractivity contribution in [1.82, 2.24) is 28.7 Å². The summed E-state index contributed by atoms with van der Waals surface area (Å²) < 4.78 is 6.21. The molecular weight excluding hydrogens is 484 g/mol. The van der Waals surface area contributed by atoms with E-state index in [1.54, 1.807) is 0 Å². The van der Waals surface area contributed by atoms with Gasteiger partial charge in [-0.25, -0.2) is 15.0 Å². The van der Waals surface area contributed by atoms with Crippen molar-refractivity contribution in [3.63, 3.8) is 0 Å². The number of hydrogen-bond acceptors (Lipinski definition) is 4. The van der Waals surface area contributed by atoms with Gasteiger partial charge in [-0.05, 0) is 49.7 Å². The highest BCUT2D eigenvalue weighted by Gasteiger charge is 2.23. The van der Waals surface area contributed by atoms with Crippen LogP contribution in [0.3, 0.4) is 0 Å². The summed E-state index contributed by atoms with van der Waals surface area (Å²) in [5.74, 6) is 0.790. The molecule has 0 unspecified atom stereocenters. The summed E-state index contributed by atoms with van der Waals surface area (Å²) in [7, 11) is 0. The van der Waals surface area contributed by atoms with Crippen molar-refractivity contribution in [1.29, 1.82) is 0 Å². The topological polar surface area (TPSA) is 70.5 Å². The number of rotatable bonds is 6. The maximum atomic E-state index is 14.1. The summed E-state index contributed by atoms with van der Waals surface area (Å²) in [6.07, 6.45) is 2.60. The van der Waals surface area contributed by atoms with Crippen LogP contribution in [0.1, 0.15) is 39.4 Å². The van der Waals surface area contributed by atoms with Crippen LogP contribution < -0.4 is 5.56 Å². The van der Waals surface area contributed by atoms with Crippen LogP contribution >= 0.6 is 0 Å². The Morgan fingerprint density at radius 3 is 2.26 bits per heavy atom. The van der Waals surface area contributed by atoms with Crippen LogP contribution in [-0.4, -0.2) is 28.7 Å². The molecule has 0 aliphatic heterocycles. The molecule has 4 aromatic heterocycles. The van der Waals surface area contributed by atoms with Crippen molar-refractivity contribution < 1.29 is 0 Å². The zero-order chi connectivity index (χ0) is 26.7. The molecule has 7 rings (SSSR count). The Balaban J connectivity index is 1.63. The molecule has 0 spiro atoms. The smallest absolute Gasteiger partial charge is 0.265 e. The molecule has 7 heteroatoms. The highest BCUT2D eigenvalue weighted by atomic mass is 16.1. The van der Waals surface area contributed by atoms with Gasteiger partial charge in [-0.15, -0.1) is 0 Å². The molecule has 7 nitrogen and oxygen atoms in total. The standard InChI is InChI=1S/C32H30N6O/c1-4-7-18-37-27(5-2)35-30-28(32(37)39)29-31(34-24-14-10-9-13-23(24)33-29)38(30)20-16-17-26-22(19-20)21-12-8-11-15-25(21)36(26)6-3/h8-17,19H,4-7,18H2,1-3H3. The van der Waals surface area contributed by atoms with E-state index in [9.17, 15) is 4.79 Å². The van der Waals surface area contributed by atoms with E-state index in [0.29, 0.717) is 35.2 Å². The van der Waals surface area contributed by atoms with Gasteiger partial charge in [-0.3, -0.25) is 13.9 Å². The first-order valence-electron chi connectivity index (χ1n) is 13.9. The Morgan fingerprint density at radius 1 is 0.744 bits per heavy atom. The second-order valence-electron chi connectivity index (χ2n) is 10.1. The normalized spacial score (nSPS) is 12.1. The van der Waals surface area contributed by atoms with E-state index in [1.165, 1.54) is 21.8 Å². The molecule has 0 aliphatic rings. The third-order valence-electron chi connectivity index (χ3n) is 7.82. The number of aryl methyl sites for hydroxylation is 2. The second kappa shape index (κ2) is 9.05. The van der Waals surface area contributed by atoms with E-state index >= 15 is 0 Å². The van der Waals surface area contributed by atoms with Gasteiger partial charge in [-0.2, -0.15) is 0 Å². The average molecular weight is 515 g/mol. The lowest BCUT2D eigenvalue weighted by Crippen LogP contribution is -2.25. The molecule has 7 aromatic rings. The fraction of sp³-hybridized carbons (Fsp3) is 0.250. The first-order valence-corrected chi connectivity index (χ1v) is 13.9. The molecular formula is C32H30N6O. The lowest BCUT2D eigenvalue weighted by Gasteiger charge is -2.12. The van der Waals surface area contributed by atoms with Crippen molar-refractivity contribution in [3.05, 3.63) is 82.9 Å². The lowest BCUT2D eigenvalue weighted by molar-refractivity contribution is 0.579. The average Bonchev–Trinajstić information content (AvgIpc) is 3.46. The SMILES string of the molecule is CCCCn1c(CC)nc2c(c1=O)c1nc3ccccc3nc1n2-c1ccc2c(c1)c1ccccc1n2CC. The number of fused-ring (bicyclic) bond motifs is 7. The maximum absolute atomic E-state index is 14.1. The van der Waals surface area contributed by atoms with Crippen molar-refractivity contribution >= 4 is 55.0 Å². The predicted octanol–water partition coefficient (Wildman–Crippen LogP) is 6.77. The van der Waals surface area contributed by atoms with Crippen molar-refractivity contribution in [3.8, 4) is 5.69 Å². The van der Waals surface area contributed by atoms with Crippen molar-refractivity contribution in [2.75, 3.05) is 0 Å². The van der Waals surface area contributed by atoms with Crippen LogP contribution in [0.15, 0.2) is 71.5 Å². The van der Waals surface area contributed by atoms with Crippen LogP contribution in [0.2, 0.25) is 0 Å². The fourth-order valence-electron chi connectivity index (χ4n) is 5.95. The molecule has 194 valence electrons. The van der Waals surface area contributed by atoms with Crippen LogP contribution in [-0.2, 0) is 19.5 Å². The monoisotopic (exact) mass is 514 g/mol. The minimum absolute atomic E-state index is 0.0395. The second-order valence-corrected chi connectivity index (χ2v) is 10.1. The Labute approximate surface area is 225 Å². The zero-order valence-electron chi connectivity index (χ0n) is 22.5. The van der Waals surface area contributed by atoms with Gasteiger partial charge in [0.15, 0.2) is 11.3 Å². The van der Waals surface area contributed by atoms with E-state index in [2.05, 4.69) is 67.8 Å². The first kappa shape index (κ1) is 23.6. The van der Waals surface area contributed by atoms with E-state index in [-0.39, 0.29) is 5.56 Å². The van der Waals surface area contributed by atoms with E-state index < -0.39 is 0 Å². The molecule has 0 fully saturated rings. The Hall–Kier alpha value is -4.52. The summed E-state index contributed by atoms with van der Waals surface area (Å²) in [6, 6.07) is 22.8. The number of hydrogen-bond donors (Lipinski definition) is 0. The third-order valence-corrected chi connectivity index (χ3v) is 7.82. The minimum Gasteiger partial charge on any atom is -0.341 e. The molecule has 0 aliphatic carbocycles. The van der Waals surface area contributed by atoms with E-state index in [4.69, 9.17) is 15.0 Å². The van der Waals surface area contributed by atoms with Crippen LogP contribution in [0.4, 0.5) is 0 Å². The highest BCUT2D eigenvalue weighted by Crippen LogP contribution is 2.34. The van der Waals surface area contributed by atoms with Crippen LogP contribution in [0.25, 0.3) is 60.7 Å². The Kier molecular flexibility index (Phi) is 5.47. The number of aromatic nitrogens is 6. The van der Waals surface area contributed by atoms with Gasteiger partial charge in [0.1, 0.15) is 16.7 Å². The number of benzene rings is 3. The number of para-hydroxylation sites is 3. The summed E-state index contributed by atoms with van der Waals surface area (Å²) in [5, 5.41) is 2.91. The number of nitrogens with zero attached hydrogens (tertiary/aromatic N) is 6. The molecule has 0 amide bonds. The molecule has 0 N–H and O–H groups in total. The van der Waals surface area contributed by atoms with E-state index in [1.807, 2.05) is 33.4 Å². The Morgan fingerprint density at radius 2 is 1.49 bits per heavy atom. The molecule has 4 heterocycles. The van der Waals surface area contributed by atoms with Gasteiger partial charge in [0, 0.05) is 47.0 Å². The van der Waals surface area contributed by atoms with Gasteiger partial charge in [-0.1, -0.05) is 50.6 Å². The van der Waals surface area contributed by atoms with Crippen molar-refractivity contribution in [2.45, 2.75) is 53.1 Å². The van der Waals surface area contributed by atoms with Gasteiger partial charge in [0.25, 0.3) is 5.56 Å². The fourth-order valence-corrected chi connectivity index (χ4v) is 5.95. The van der Waals surface area contributed by atoms with Gasteiger partial charge in [0.05, 0.1) is 11.0 Å². The lowest BCUT2D eigenvalue weighted by atomic mass is 10.1. The highest BCUT2D eigenvalue weighted by molar-refractivity contribution is 6.10. The quantitative estimate of drug-likeness (QED) is 0.245. The number of unbranched alkanes of at least 4 members (excludes halogenated alkanes) is 1. The molecule has 3 aromatic carbocycles. The van der Waals surface area contributed by atoms with Crippen LogP contribution in [0.5, 0.6) is 0 Å². The molecule has 0 saturated heterocycles. The van der Waals surface area contributed by atoms with Gasteiger partial charge < -0.3 is 4.57 Å². The molecule has 0 bridgehead atoms. The molecule has 39 heavy (non-hydrogen) atoms. The van der Waals surface area contributed by atoms with E-state index in [0.717, 1.165) is 41.9 Å². The summed E-state index contributed by atoms with van der Waals surface area (Å²) >= 11 is 0. The molecule has 0 atom stereocenters. The zero-order valence-corrected chi connectivity index (χ0v) is 22.5. The predicted molar refractivity (Wildman–Crippen MR) is 159 cm³/mol. The van der Waals surface area contributed by atoms with Gasteiger partial charge >= 0.3 is 0 Å². The minimum atomic E-state index is -0.0395.